The summed E-state index contributed by atoms with van der Waals surface area (Å²) in [7, 11) is 0. The number of hydrogen-bond acceptors (Lipinski definition) is 4. The van der Waals surface area contributed by atoms with Crippen LogP contribution >= 0.6 is 0 Å². The van der Waals surface area contributed by atoms with Crippen molar-refractivity contribution in [2.75, 3.05) is 13.2 Å². The standard InChI is InChI=1S/C17H23N3O4/c1-12-2-4-13(5-3-12)10-14(15(18)22)20-16(23)17(19-11-21)6-8-24-9-7-17/h2-5,11,14H,6-10H2,1H3,(H2,18,22)(H,19,21)(H,20,23)/t14-/m0/s1. The van der Waals surface area contributed by atoms with Gasteiger partial charge < -0.3 is 21.1 Å². The van der Waals surface area contributed by atoms with E-state index < -0.39 is 23.4 Å². The first-order valence-electron chi connectivity index (χ1n) is 7.92. The number of benzene rings is 1. The van der Waals surface area contributed by atoms with Gasteiger partial charge in [0.15, 0.2) is 0 Å². The Morgan fingerprint density at radius 1 is 1.29 bits per heavy atom. The second-order valence-electron chi connectivity index (χ2n) is 6.07. The number of primary amides is 1. The molecular formula is C17H23N3O4. The predicted molar refractivity (Wildman–Crippen MR) is 88.0 cm³/mol. The normalized spacial score (nSPS) is 17.5. The molecule has 7 nitrogen and oxygen atoms in total. The molecule has 2 rings (SSSR count). The number of rotatable bonds is 7. The van der Waals surface area contributed by atoms with E-state index in [-0.39, 0.29) is 0 Å². The van der Waals surface area contributed by atoms with Crippen molar-refractivity contribution in [3.05, 3.63) is 35.4 Å². The van der Waals surface area contributed by atoms with Gasteiger partial charge in [-0.3, -0.25) is 14.4 Å². The van der Waals surface area contributed by atoms with Gasteiger partial charge in [0.05, 0.1) is 0 Å². The van der Waals surface area contributed by atoms with E-state index in [4.69, 9.17) is 10.5 Å². The number of nitrogens with two attached hydrogens (primary N) is 1. The van der Waals surface area contributed by atoms with Gasteiger partial charge in [-0.05, 0) is 12.5 Å². The van der Waals surface area contributed by atoms with E-state index in [1.165, 1.54) is 0 Å². The molecule has 0 aliphatic carbocycles. The van der Waals surface area contributed by atoms with Crippen molar-refractivity contribution in [2.24, 2.45) is 5.73 Å². The van der Waals surface area contributed by atoms with Crippen molar-refractivity contribution in [1.29, 1.82) is 0 Å². The smallest absolute Gasteiger partial charge is 0.246 e. The lowest BCUT2D eigenvalue weighted by Crippen LogP contribution is -2.62. The fourth-order valence-electron chi connectivity index (χ4n) is 2.75. The minimum Gasteiger partial charge on any atom is -0.381 e. The lowest BCUT2D eigenvalue weighted by atomic mass is 9.88. The molecule has 1 saturated heterocycles. The molecule has 1 aliphatic rings. The summed E-state index contributed by atoms with van der Waals surface area (Å²) in [5.74, 6) is -1.02. The number of nitrogens with one attached hydrogen (secondary N) is 2. The zero-order chi connectivity index (χ0) is 17.6. The molecule has 1 heterocycles. The Hall–Kier alpha value is -2.41. The van der Waals surface area contributed by atoms with Gasteiger partial charge in [0.25, 0.3) is 0 Å². The summed E-state index contributed by atoms with van der Waals surface area (Å²) in [5.41, 5.74) is 6.39. The summed E-state index contributed by atoms with van der Waals surface area (Å²) in [6.07, 6.45) is 1.51. The number of ether oxygens (including phenoxy) is 1. The van der Waals surface area contributed by atoms with Crippen molar-refractivity contribution in [3.63, 3.8) is 0 Å². The molecule has 130 valence electrons. The zero-order valence-corrected chi connectivity index (χ0v) is 13.7. The van der Waals surface area contributed by atoms with E-state index in [2.05, 4.69) is 10.6 Å². The molecule has 0 radical (unpaired) electrons. The van der Waals surface area contributed by atoms with Crippen LogP contribution in [0.4, 0.5) is 0 Å². The van der Waals surface area contributed by atoms with Gasteiger partial charge in [0.1, 0.15) is 11.6 Å². The Morgan fingerprint density at radius 3 is 2.46 bits per heavy atom. The molecule has 1 aliphatic heterocycles. The van der Waals surface area contributed by atoms with Crippen LogP contribution in [0.1, 0.15) is 24.0 Å². The Labute approximate surface area is 140 Å². The summed E-state index contributed by atoms with van der Waals surface area (Å²) >= 11 is 0. The fourth-order valence-corrected chi connectivity index (χ4v) is 2.75. The summed E-state index contributed by atoms with van der Waals surface area (Å²) in [6.45, 7) is 2.71. The molecule has 0 saturated carbocycles. The highest BCUT2D eigenvalue weighted by molar-refractivity contribution is 5.93. The molecule has 0 bridgehead atoms. The molecule has 1 aromatic carbocycles. The SMILES string of the molecule is Cc1ccc(C[C@H](NC(=O)C2(NC=O)CCOCC2)C(N)=O)cc1. The number of hydrogen-bond donors (Lipinski definition) is 3. The molecule has 0 spiro atoms. The largest absolute Gasteiger partial charge is 0.381 e. The third-order valence-electron chi connectivity index (χ3n) is 4.33. The molecular weight excluding hydrogens is 310 g/mol. The third kappa shape index (κ3) is 4.32. The molecule has 1 atom stereocenters. The second-order valence-corrected chi connectivity index (χ2v) is 6.07. The highest BCUT2D eigenvalue weighted by atomic mass is 16.5. The van der Waals surface area contributed by atoms with Crippen molar-refractivity contribution in [2.45, 2.75) is 37.8 Å². The molecule has 0 aromatic heterocycles. The maximum Gasteiger partial charge on any atom is 0.246 e. The topological polar surface area (TPSA) is 111 Å². The Bertz CT molecular complexity index is 594. The van der Waals surface area contributed by atoms with Crippen LogP contribution in [-0.2, 0) is 25.5 Å². The molecule has 1 aromatic rings. The van der Waals surface area contributed by atoms with Gasteiger partial charge in [-0.25, -0.2) is 0 Å². The molecule has 24 heavy (non-hydrogen) atoms. The zero-order valence-electron chi connectivity index (χ0n) is 13.7. The van der Waals surface area contributed by atoms with Crippen LogP contribution in [-0.4, -0.2) is 43.0 Å². The molecule has 4 N–H and O–H groups in total. The second kappa shape index (κ2) is 7.92. The van der Waals surface area contributed by atoms with E-state index in [0.717, 1.165) is 11.1 Å². The van der Waals surface area contributed by atoms with Crippen molar-refractivity contribution in [1.82, 2.24) is 10.6 Å². The van der Waals surface area contributed by atoms with Gasteiger partial charge in [0.2, 0.25) is 18.2 Å². The van der Waals surface area contributed by atoms with Crippen molar-refractivity contribution in [3.8, 4) is 0 Å². The van der Waals surface area contributed by atoms with Crippen LogP contribution in [0.2, 0.25) is 0 Å². The summed E-state index contributed by atoms with van der Waals surface area (Å²) in [4.78, 5) is 35.3. The third-order valence-corrected chi connectivity index (χ3v) is 4.33. The minimum absolute atomic E-state index is 0.301. The average Bonchev–Trinajstić information content (AvgIpc) is 2.57. The minimum atomic E-state index is -1.05. The summed E-state index contributed by atoms with van der Waals surface area (Å²) < 4.78 is 5.25. The van der Waals surface area contributed by atoms with Crippen LogP contribution in [0, 0.1) is 6.92 Å². The van der Waals surface area contributed by atoms with Crippen LogP contribution in [0.15, 0.2) is 24.3 Å². The Balaban J connectivity index is 2.10. The van der Waals surface area contributed by atoms with Crippen LogP contribution < -0.4 is 16.4 Å². The Kier molecular flexibility index (Phi) is 5.92. The van der Waals surface area contributed by atoms with E-state index in [9.17, 15) is 14.4 Å². The van der Waals surface area contributed by atoms with Crippen LogP contribution in [0.3, 0.4) is 0 Å². The van der Waals surface area contributed by atoms with Crippen LogP contribution in [0.5, 0.6) is 0 Å². The highest BCUT2D eigenvalue weighted by Gasteiger charge is 2.41. The maximum atomic E-state index is 12.7. The highest BCUT2D eigenvalue weighted by Crippen LogP contribution is 2.21. The number of carbonyl (C=O) groups is 3. The van der Waals surface area contributed by atoms with Crippen molar-refractivity contribution < 1.29 is 19.1 Å². The fraction of sp³-hybridized carbons (Fsp3) is 0.471. The lowest BCUT2D eigenvalue weighted by molar-refractivity contribution is -0.137. The van der Waals surface area contributed by atoms with Gasteiger partial charge in [-0.15, -0.1) is 0 Å². The van der Waals surface area contributed by atoms with Gasteiger partial charge in [0, 0.05) is 32.5 Å². The van der Waals surface area contributed by atoms with Gasteiger partial charge in [-0.2, -0.15) is 0 Å². The number of carbonyl (C=O) groups excluding carboxylic acids is 3. The van der Waals surface area contributed by atoms with E-state index in [1.807, 2.05) is 31.2 Å². The lowest BCUT2D eigenvalue weighted by Gasteiger charge is -2.36. The van der Waals surface area contributed by atoms with Gasteiger partial charge in [-0.1, -0.05) is 29.8 Å². The quantitative estimate of drug-likeness (QED) is 0.600. The predicted octanol–water partition coefficient (Wildman–Crippen LogP) is -0.197. The number of aryl methyl sites for hydroxylation is 1. The molecule has 0 unspecified atom stereocenters. The first-order valence-corrected chi connectivity index (χ1v) is 7.92. The first kappa shape index (κ1) is 17.9. The molecule has 3 amide bonds. The van der Waals surface area contributed by atoms with Gasteiger partial charge >= 0.3 is 0 Å². The first-order chi connectivity index (χ1) is 11.5. The van der Waals surface area contributed by atoms with Crippen molar-refractivity contribution >= 4 is 18.2 Å². The Morgan fingerprint density at radius 2 is 1.92 bits per heavy atom. The van der Waals surface area contributed by atoms with Crippen LogP contribution in [0.25, 0.3) is 0 Å². The molecule has 7 heteroatoms. The average molecular weight is 333 g/mol. The summed E-state index contributed by atoms with van der Waals surface area (Å²) in [5, 5.41) is 5.27. The summed E-state index contributed by atoms with van der Waals surface area (Å²) in [6, 6.07) is 6.82. The van der Waals surface area contributed by atoms with E-state index in [1.54, 1.807) is 0 Å². The maximum absolute atomic E-state index is 12.7. The van der Waals surface area contributed by atoms with E-state index >= 15 is 0 Å². The monoisotopic (exact) mass is 333 g/mol. The number of amides is 3. The molecule has 1 fully saturated rings. The van der Waals surface area contributed by atoms with E-state index in [0.29, 0.717) is 38.9 Å².